The van der Waals surface area contributed by atoms with Crippen molar-refractivity contribution in [3.8, 4) is 6.07 Å². The third-order valence-corrected chi connectivity index (χ3v) is 3.69. The highest BCUT2D eigenvalue weighted by atomic mass is 16.4. The van der Waals surface area contributed by atoms with Crippen LogP contribution in [0.15, 0.2) is 53.3 Å². The molecule has 8 nitrogen and oxygen atoms in total. The number of nitrogens with zero attached hydrogens (tertiary/aromatic N) is 3. The van der Waals surface area contributed by atoms with Crippen LogP contribution in [0.1, 0.15) is 16.1 Å². The van der Waals surface area contributed by atoms with Crippen molar-refractivity contribution in [1.82, 2.24) is 9.78 Å². The maximum Gasteiger partial charge on any atom is 0.357 e. The van der Waals surface area contributed by atoms with E-state index in [-0.39, 0.29) is 22.0 Å². The average molecular weight is 348 g/mol. The summed E-state index contributed by atoms with van der Waals surface area (Å²) in [6, 6.07) is 14.5. The fourth-order valence-corrected chi connectivity index (χ4v) is 2.52. The second kappa shape index (κ2) is 6.86. The quantitative estimate of drug-likeness (QED) is 0.738. The van der Waals surface area contributed by atoms with Crippen LogP contribution in [0.2, 0.25) is 0 Å². The Hall–Kier alpha value is -3.99. The van der Waals surface area contributed by atoms with E-state index in [0.717, 1.165) is 4.68 Å². The van der Waals surface area contributed by atoms with Crippen LogP contribution < -0.4 is 10.9 Å². The van der Waals surface area contributed by atoms with Crippen LogP contribution in [0.4, 0.5) is 5.69 Å². The van der Waals surface area contributed by atoms with E-state index in [9.17, 15) is 19.5 Å². The first kappa shape index (κ1) is 16.9. The number of benzene rings is 2. The number of carboxylic acid groups (broad SMARTS) is 1. The van der Waals surface area contributed by atoms with Crippen LogP contribution in [0.3, 0.4) is 0 Å². The van der Waals surface area contributed by atoms with Gasteiger partial charge in [-0.3, -0.25) is 9.59 Å². The SMILES string of the molecule is N#Cc1ccccc1NC(=O)Cn1nc(C(=O)O)c2ccccc2c1=O. The molecule has 3 aromatic rings. The molecule has 0 spiro atoms. The standard InChI is InChI=1S/C18H12N4O4/c19-9-11-5-1-4-8-14(11)20-15(23)10-22-17(24)13-7-3-2-6-12(13)16(21-22)18(25)26/h1-8H,10H2,(H,20,23)(H,25,26). The molecule has 1 aromatic heterocycles. The predicted octanol–water partition coefficient (Wildman–Crippen LogP) is 1.61. The Morgan fingerprint density at radius 3 is 2.46 bits per heavy atom. The van der Waals surface area contributed by atoms with Crippen molar-refractivity contribution in [3.05, 3.63) is 70.1 Å². The lowest BCUT2D eigenvalue weighted by Gasteiger charge is -2.10. The van der Waals surface area contributed by atoms with Gasteiger partial charge in [0.05, 0.1) is 16.6 Å². The number of nitriles is 1. The number of anilines is 1. The number of carbonyl (C=O) groups excluding carboxylic acids is 1. The molecule has 0 radical (unpaired) electrons. The summed E-state index contributed by atoms with van der Waals surface area (Å²) in [4.78, 5) is 36.2. The number of nitrogens with one attached hydrogen (secondary N) is 1. The number of carbonyl (C=O) groups is 2. The lowest BCUT2D eigenvalue weighted by molar-refractivity contribution is -0.117. The fourth-order valence-electron chi connectivity index (χ4n) is 2.52. The summed E-state index contributed by atoms with van der Waals surface area (Å²) in [6.45, 7) is -0.482. The van der Waals surface area contributed by atoms with Gasteiger partial charge in [-0.25, -0.2) is 9.48 Å². The fraction of sp³-hybridized carbons (Fsp3) is 0.0556. The molecule has 1 amide bonds. The number of fused-ring (bicyclic) bond motifs is 1. The first-order valence-corrected chi connectivity index (χ1v) is 7.53. The molecule has 0 aliphatic rings. The van der Waals surface area contributed by atoms with Gasteiger partial charge in [0, 0.05) is 5.39 Å². The monoisotopic (exact) mass is 348 g/mol. The van der Waals surface area contributed by atoms with E-state index in [0.29, 0.717) is 5.69 Å². The van der Waals surface area contributed by atoms with E-state index in [4.69, 9.17) is 5.26 Å². The first-order valence-electron chi connectivity index (χ1n) is 7.53. The molecule has 0 saturated heterocycles. The first-order chi connectivity index (χ1) is 12.5. The summed E-state index contributed by atoms with van der Waals surface area (Å²) < 4.78 is 0.802. The van der Waals surface area contributed by atoms with Crippen molar-refractivity contribution in [3.63, 3.8) is 0 Å². The van der Waals surface area contributed by atoms with Gasteiger partial charge in [-0.2, -0.15) is 10.4 Å². The Morgan fingerprint density at radius 1 is 1.12 bits per heavy atom. The molecule has 3 rings (SSSR count). The number of hydrogen-bond acceptors (Lipinski definition) is 5. The van der Waals surface area contributed by atoms with Crippen molar-refractivity contribution in [2.45, 2.75) is 6.54 Å². The Kier molecular flexibility index (Phi) is 4.45. The van der Waals surface area contributed by atoms with Crippen LogP contribution in [0.5, 0.6) is 0 Å². The number of para-hydroxylation sites is 1. The van der Waals surface area contributed by atoms with Crippen LogP contribution in [-0.4, -0.2) is 26.8 Å². The minimum atomic E-state index is -1.30. The highest BCUT2D eigenvalue weighted by Crippen LogP contribution is 2.15. The molecule has 0 atom stereocenters. The van der Waals surface area contributed by atoms with Gasteiger partial charge in [-0.05, 0) is 18.2 Å². The van der Waals surface area contributed by atoms with Crippen molar-refractivity contribution < 1.29 is 14.7 Å². The van der Waals surface area contributed by atoms with Gasteiger partial charge in [0.15, 0.2) is 5.69 Å². The van der Waals surface area contributed by atoms with Gasteiger partial charge in [0.1, 0.15) is 12.6 Å². The van der Waals surface area contributed by atoms with Crippen LogP contribution in [0, 0.1) is 11.3 Å². The molecular formula is C18H12N4O4. The molecule has 128 valence electrons. The number of amides is 1. The molecule has 2 aromatic carbocycles. The number of aromatic carboxylic acids is 1. The summed E-state index contributed by atoms with van der Waals surface area (Å²) in [7, 11) is 0. The van der Waals surface area contributed by atoms with Gasteiger partial charge in [-0.1, -0.05) is 30.3 Å². The third kappa shape index (κ3) is 3.14. The molecule has 26 heavy (non-hydrogen) atoms. The Balaban J connectivity index is 1.97. The van der Waals surface area contributed by atoms with E-state index >= 15 is 0 Å². The second-order valence-corrected chi connectivity index (χ2v) is 5.37. The summed E-state index contributed by atoms with van der Waals surface area (Å²) in [5.41, 5.74) is -0.321. The summed E-state index contributed by atoms with van der Waals surface area (Å²) >= 11 is 0. The number of aromatic nitrogens is 2. The van der Waals surface area contributed by atoms with Crippen LogP contribution >= 0.6 is 0 Å². The highest BCUT2D eigenvalue weighted by Gasteiger charge is 2.17. The maximum atomic E-state index is 12.5. The van der Waals surface area contributed by atoms with Crippen molar-refractivity contribution in [2.24, 2.45) is 0 Å². The van der Waals surface area contributed by atoms with Gasteiger partial charge < -0.3 is 10.4 Å². The minimum absolute atomic E-state index is 0.158. The van der Waals surface area contributed by atoms with Gasteiger partial charge in [0.25, 0.3) is 5.56 Å². The number of carboxylic acids is 1. The van der Waals surface area contributed by atoms with Crippen LogP contribution in [0.25, 0.3) is 10.8 Å². The smallest absolute Gasteiger partial charge is 0.357 e. The molecule has 0 bridgehead atoms. The number of rotatable bonds is 4. The molecule has 2 N–H and O–H groups in total. The zero-order valence-corrected chi connectivity index (χ0v) is 13.3. The zero-order valence-electron chi connectivity index (χ0n) is 13.3. The van der Waals surface area contributed by atoms with Crippen molar-refractivity contribution in [2.75, 3.05) is 5.32 Å². The molecule has 0 unspecified atom stereocenters. The maximum absolute atomic E-state index is 12.5. The van der Waals surface area contributed by atoms with Crippen molar-refractivity contribution >= 4 is 28.3 Å². The topological polar surface area (TPSA) is 125 Å². The normalized spacial score (nSPS) is 10.3. The van der Waals surface area contributed by atoms with Crippen LogP contribution in [-0.2, 0) is 11.3 Å². The lowest BCUT2D eigenvalue weighted by Crippen LogP contribution is -2.31. The summed E-state index contributed by atoms with van der Waals surface area (Å²) in [5, 5.41) is 25.1. The Bertz CT molecular complexity index is 1130. The van der Waals surface area contributed by atoms with Gasteiger partial charge in [0.2, 0.25) is 5.91 Å². The molecule has 0 saturated carbocycles. The van der Waals surface area contributed by atoms with Crippen molar-refractivity contribution in [1.29, 1.82) is 5.26 Å². The third-order valence-electron chi connectivity index (χ3n) is 3.69. The molecule has 0 aliphatic heterocycles. The molecular weight excluding hydrogens is 336 g/mol. The molecule has 0 fully saturated rings. The molecule has 1 heterocycles. The van der Waals surface area contributed by atoms with E-state index in [1.54, 1.807) is 36.4 Å². The van der Waals surface area contributed by atoms with E-state index in [1.807, 2.05) is 6.07 Å². The van der Waals surface area contributed by atoms with E-state index < -0.39 is 24.0 Å². The molecule has 8 heteroatoms. The van der Waals surface area contributed by atoms with Gasteiger partial charge >= 0.3 is 5.97 Å². The molecule has 0 aliphatic carbocycles. The predicted molar refractivity (Wildman–Crippen MR) is 92.7 cm³/mol. The van der Waals surface area contributed by atoms with E-state index in [1.165, 1.54) is 12.1 Å². The highest BCUT2D eigenvalue weighted by molar-refractivity contribution is 6.01. The minimum Gasteiger partial charge on any atom is -0.476 e. The lowest BCUT2D eigenvalue weighted by atomic mass is 10.1. The number of hydrogen-bond donors (Lipinski definition) is 2. The zero-order chi connectivity index (χ0) is 18.7. The second-order valence-electron chi connectivity index (χ2n) is 5.37. The largest absolute Gasteiger partial charge is 0.476 e. The Labute approximate surface area is 146 Å². The summed E-state index contributed by atoms with van der Waals surface area (Å²) in [5.74, 6) is -1.90. The average Bonchev–Trinajstić information content (AvgIpc) is 2.64. The summed E-state index contributed by atoms with van der Waals surface area (Å²) in [6.07, 6.45) is 0. The van der Waals surface area contributed by atoms with E-state index in [2.05, 4.69) is 10.4 Å². The Morgan fingerprint density at radius 2 is 1.77 bits per heavy atom. The van der Waals surface area contributed by atoms with Gasteiger partial charge in [-0.15, -0.1) is 0 Å².